The zero-order valence-corrected chi connectivity index (χ0v) is 12.7. The molecule has 1 aromatic carbocycles. The van der Waals surface area contributed by atoms with Crippen molar-refractivity contribution >= 4 is 55.9 Å². The van der Waals surface area contributed by atoms with Gasteiger partial charge in [0, 0.05) is 10.9 Å². The van der Waals surface area contributed by atoms with Crippen LogP contribution in [0.2, 0.25) is 5.02 Å². The normalized spacial score (nSPS) is 11.2. The van der Waals surface area contributed by atoms with Crippen LogP contribution in [0.3, 0.4) is 0 Å². The van der Waals surface area contributed by atoms with Gasteiger partial charge in [0.1, 0.15) is 4.99 Å². The highest BCUT2D eigenvalue weighted by molar-refractivity contribution is 7.92. The van der Waals surface area contributed by atoms with Gasteiger partial charge in [-0.2, -0.15) is 11.3 Å². The Labute approximate surface area is 125 Å². The smallest absolute Gasteiger partial charge is 0.261 e. The Bertz CT molecular complexity index is 712. The van der Waals surface area contributed by atoms with E-state index in [4.69, 9.17) is 29.6 Å². The summed E-state index contributed by atoms with van der Waals surface area (Å²) in [6, 6.07) is 5.90. The van der Waals surface area contributed by atoms with Crippen LogP contribution in [0, 0.1) is 0 Å². The Morgan fingerprint density at radius 3 is 2.63 bits per heavy atom. The van der Waals surface area contributed by atoms with Crippen molar-refractivity contribution in [1.82, 2.24) is 0 Å². The predicted molar refractivity (Wildman–Crippen MR) is 82.5 cm³/mol. The first-order valence-corrected chi connectivity index (χ1v) is 8.26. The van der Waals surface area contributed by atoms with E-state index in [1.165, 1.54) is 29.5 Å². The predicted octanol–water partition coefficient (Wildman–Crippen LogP) is 2.84. The van der Waals surface area contributed by atoms with Gasteiger partial charge in [-0.3, -0.25) is 4.72 Å². The maximum Gasteiger partial charge on any atom is 0.261 e. The Kier molecular flexibility index (Phi) is 4.10. The number of hydrogen-bond acceptors (Lipinski definition) is 4. The molecule has 0 amide bonds. The molecule has 2 rings (SSSR count). The summed E-state index contributed by atoms with van der Waals surface area (Å²) in [5.74, 6) is 0. The van der Waals surface area contributed by atoms with Gasteiger partial charge in [-0.25, -0.2) is 8.42 Å². The summed E-state index contributed by atoms with van der Waals surface area (Å²) in [6.07, 6.45) is 0. The number of nitrogens with one attached hydrogen (secondary N) is 1. The van der Waals surface area contributed by atoms with E-state index in [9.17, 15) is 8.42 Å². The van der Waals surface area contributed by atoms with Gasteiger partial charge in [-0.15, -0.1) is 0 Å². The minimum Gasteiger partial charge on any atom is -0.389 e. The third-order valence-corrected chi connectivity index (χ3v) is 4.88. The molecule has 0 aliphatic carbocycles. The van der Waals surface area contributed by atoms with Crippen LogP contribution in [0.4, 0.5) is 5.69 Å². The van der Waals surface area contributed by atoms with Crippen LogP contribution in [0.5, 0.6) is 0 Å². The molecule has 100 valence electrons. The maximum atomic E-state index is 12.1. The molecule has 0 bridgehead atoms. The molecule has 0 aliphatic rings. The highest BCUT2D eigenvalue weighted by Gasteiger charge is 2.16. The number of sulfonamides is 1. The second-order valence-corrected chi connectivity index (χ2v) is 6.93. The lowest BCUT2D eigenvalue weighted by molar-refractivity contribution is 0.601. The Morgan fingerprint density at radius 1 is 1.37 bits per heavy atom. The molecule has 8 heteroatoms. The number of nitrogens with two attached hydrogens (primary N) is 1. The summed E-state index contributed by atoms with van der Waals surface area (Å²) in [6.45, 7) is 0. The van der Waals surface area contributed by atoms with E-state index in [-0.39, 0.29) is 14.9 Å². The first-order valence-electron chi connectivity index (χ1n) is 5.04. The Balaban J connectivity index is 2.36. The SMILES string of the molecule is NC(=S)c1ccc(S(=O)(=O)Nc2ccsc2)cc1Cl. The van der Waals surface area contributed by atoms with Crippen molar-refractivity contribution in [2.45, 2.75) is 4.90 Å². The van der Waals surface area contributed by atoms with Crippen molar-refractivity contribution < 1.29 is 8.42 Å². The number of rotatable bonds is 4. The molecule has 0 unspecified atom stereocenters. The molecule has 0 fully saturated rings. The average molecular weight is 333 g/mol. The molecule has 0 saturated heterocycles. The molecular formula is C11H9ClN2O2S3. The molecule has 0 spiro atoms. The van der Waals surface area contributed by atoms with Gasteiger partial charge in [0.2, 0.25) is 0 Å². The minimum absolute atomic E-state index is 0.0590. The third kappa shape index (κ3) is 3.24. The lowest BCUT2D eigenvalue weighted by atomic mass is 10.2. The maximum absolute atomic E-state index is 12.1. The van der Waals surface area contributed by atoms with Gasteiger partial charge in [0.05, 0.1) is 15.6 Å². The highest BCUT2D eigenvalue weighted by atomic mass is 35.5. The molecule has 0 saturated carbocycles. The fourth-order valence-corrected chi connectivity index (χ4v) is 3.72. The van der Waals surface area contributed by atoms with Gasteiger partial charge >= 0.3 is 0 Å². The summed E-state index contributed by atoms with van der Waals surface area (Å²) in [7, 11) is -3.66. The van der Waals surface area contributed by atoms with E-state index in [0.29, 0.717) is 11.3 Å². The zero-order chi connectivity index (χ0) is 14.0. The van der Waals surface area contributed by atoms with E-state index in [0.717, 1.165) is 0 Å². The molecule has 0 radical (unpaired) electrons. The highest BCUT2D eigenvalue weighted by Crippen LogP contribution is 2.23. The monoisotopic (exact) mass is 332 g/mol. The van der Waals surface area contributed by atoms with E-state index < -0.39 is 10.0 Å². The summed E-state index contributed by atoms with van der Waals surface area (Å²) < 4.78 is 26.7. The number of hydrogen-bond donors (Lipinski definition) is 2. The van der Waals surface area contributed by atoms with Crippen molar-refractivity contribution in [2.75, 3.05) is 4.72 Å². The number of thiocarbonyl (C=S) groups is 1. The zero-order valence-electron chi connectivity index (χ0n) is 9.46. The second-order valence-electron chi connectivity index (χ2n) is 3.62. The van der Waals surface area contributed by atoms with Crippen molar-refractivity contribution in [1.29, 1.82) is 0 Å². The van der Waals surface area contributed by atoms with Gasteiger partial charge < -0.3 is 5.73 Å². The number of halogens is 1. The molecule has 4 nitrogen and oxygen atoms in total. The standard InChI is InChI=1S/C11H9ClN2O2S3/c12-10-5-8(1-2-9(10)11(13)17)19(15,16)14-7-3-4-18-6-7/h1-6,14H,(H2,13,17). The van der Waals surface area contributed by atoms with Gasteiger partial charge in [-0.1, -0.05) is 23.8 Å². The summed E-state index contributed by atoms with van der Waals surface area (Å²) in [4.78, 5) is 0.184. The van der Waals surface area contributed by atoms with Gasteiger partial charge in [0.25, 0.3) is 10.0 Å². The summed E-state index contributed by atoms with van der Waals surface area (Å²) in [5, 5.41) is 3.68. The Hall–Kier alpha value is -1.15. The van der Waals surface area contributed by atoms with Crippen LogP contribution in [-0.2, 0) is 10.0 Å². The molecular weight excluding hydrogens is 324 g/mol. The van der Waals surface area contributed by atoms with Crippen LogP contribution in [-0.4, -0.2) is 13.4 Å². The van der Waals surface area contributed by atoms with E-state index in [2.05, 4.69) is 4.72 Å². The lowest BCUT2D eigenvalue weighted by Crippen LogP contribution is -2.14. The van der Waals surface area contributed by atoms with Crippen LogP contribution in [0.25, 0.3) is 0 Å². The minimum atomic E-state index is -3.66. The summed E-state index contributed by atoms with van der Waals surface area (Å²) in [5.41, 5.74) is 6.43. The average Bonchev–Trinajstić information content (AvgIpc) is 2.80. The summed E-state index contributed by atoms with van der Waals surface area (Å²) >= 11 is 12.2. The molecule has 3 N–H and O–H groups in total. The third-order valence-electron chi connectivity index (χ3n) is 2.29. The molecule has 19 heavy (non-hydrogen) atoms. The fraction of sp³-hybridized carbons (Fsp3) is 0. The molecule has 1 aromatic heterocycles. The molecule has 0 aliphatic heterocycles. The molecule has 0 atom stereocenters. The van der Waals surface area contributed by atoms with Crippen LogP contribution < -0.4 is 10.5 Å². The fourth-order valence-electron chi connectivity index (χ4n) is 1.40. The lowest BCUT2D eigenvalue weighted by Gasteiger charge is -2.08. The van der Waals surface area contributed by atoms with Gasteiger partial charge in [-0.05, 0) is 29.6 Å². The van der Waals surface area contributed by atoms with Crippen LogP contribution in [0.1, 0.15) is 5.56 Å². The van der Waals surface area contributed by atoms with Crippen molar-refractivity contribution in [3.05, 3.63) is 45.6 Å². The second kappa shape index (κ2) is 5.46. The number of anilines is 1. The first-order chi connectivity index (χ1) is 8.90. The quantitative estimate of drug-likeness (QED) is 0.844. The number of benzene rings is 1. The van der Waals surface area contributed by atoms with E-state index >= 15 is 0 Å². The van der Waals surface area contributed by atoms with E-state index in [1.54, 1.807) is 16.8 Å². The Morgan fingerprint density at radius 2 is 2.11 bits per heavy atom. The van der Waals surface area contributed by atoms with Crippen LogP contribution in [0.15, 0.2) is 39.9 Å². The largest absolute Gasteiger partial charge is 0.389 e. The van der Waals surface area contributed by atoms with Crippen molar-refractivity contribution in [2.24, 2.45) is 5.73 Å². The molecule has 2 aromatic rings. The first kappa shape index (κ1) is 14.3. The van der Waals surface area contributed by atoms with Crippen molar-refractivity contribution in [3.8, 4) is 0 Å². The van der Waals surface area contributed by atoms with Crippen LogP contribution >= 0.6 is 35.2 Å². The van der Waals surface area contributed by atoms with E-state index in [1.807, 2.05) is 0 Å². The topological polar surface area (TPSA) is 72.2 Å². The van der Waals surface area contributed by atoms with Gasteiger partial charge in [0.15, 0.2) is 0 Å². The number of thiophene rings is 1. The van der Waals surface area contributed by atoms with Crippen molar-refractivity contribution in [3.63, 3.8) is 0 Å². The molecule has 1 heterocycles.